The molecule has 0 unspecified atom stereocenters. The lowest BCUT2D eigenvalue weighted by Crippen LogP contribution is -2.15. The van der Waals surface area contributed by atoms with Crippen molar-refractivity contribution < 1.29 is 22.7 Å². The second-order valence-electron chi connectivity index (χ2n) is 6.12. The molecule has 1 amide bonds. The largest absolute Gasteiger partial charge is 0.438 e. The molecule has 0 aliphatic rings. The van der Waals surface area contributed by atoms with E-state index in [0.717, 1.165) is 6.07 Å². The summed E-state index contributed by atoms with van der Waals surface area (Å²) in [6.45, 7) is 0. The fourth-order valence-corrected chi connectivity index (χ4v) is 2.62. The summed E-state index contributed by atoms with van der Waals surface area (Å²) in [5.74, 6) is -4.19. The average Bonchev–Trinajstić information content (AvgIpc) is 3.29. The summed E-state index contributed by atoms with van der Waals surface area (Å²) in [6, 6.07) is 14.8. The Bertz CT molecular complexity index is 1180. The van der Waals surface area contributed by atoms with Crippen LogP contribution in [0.5, 0.6) is 11.6 Å². The molecule has 4 aromatic rings. The summed E-state index contributed by atoms with van der Waals surface area (Å²) < 4.78 is 47.4. The number of nitrogens with one attached hydrogen (secondary N) is 1. The van der Waals surface area contributed by atoms with Crippen molar-refractivity contribution in [3.8, 4) is 17.4 Å². The molecule has 0 fully saturated rings. The Morgan fingerprint density at radius 1 is 0.867 bits per heavy atom. The summed E-state index contributed by atoms with van der Waals surface area (Å²) in [4.78, 5) is 12.1. The first-order valence-corrected chi connectivity index (χ1v) is 8.71. The molecule has 0 aliphatic carbocycles. The molecule has 9 heteroatoms. The number of nitrogens with zero attached hydrogens (tertiary/aromatic N) is 3. The summed E-state index contributed by atoms with van der Waals surface area (Å²) in [5.41, 5.74) is -0.294. The Morgan fingerprint density at radius 2 is 1.60 bits per heavy atom. The molecule has 4 rings (SSSR count). The van der Waals surface area contributed by atoms with Gasteiger partial charge in [0.05, 0.1) is 5.56 Å². The highest BCUT2D eigenvalue weighted by Crippen LogP contribution is 2.22. The normalized spacial score (nSPS) is 10.6. The van der Waals surface area contributed by atoms with Crippen molar-refractivity contribution in [1.29, 1.82) is 0 Å². The lowest BCUT2D eigenvalue weighted by atomic mass is 10.1. The van der Waals surface area contributed by atoms with Crippen LogP contribution >= 0.6 is 0 Å². The number of hydrogen-bond donors (Lipinski definition) is 1. The van der Waals surface area contributed by atoms with E-state index in [-0.39, 0.29) is 5.88 Å². The number of carbonyl (C=O) groups excluding carboxylic acids is 1. The van der Waals surface area contributed by atoms with Gasteiger partial charge in [0.1, 0.15) is 5.75 Å². The minimum absolute atomic E-state index is 0.270. The van der Waals surface area contributed by atoms with Crippen LogP contribution < -0.4 is 10.1 Å². The van der Waals surface area contributed by atoms with Gasteiger partial charge in [0.15, 0.2) is 23.3 Å². The molecule has 30 heavy (non-hydrogen) atoms. The Labute approximate surface area is 168 Å². The number of hydrogen-bond acceptors (Lipinski definition) is 4. The average molecular weight is 410 g/mol. The standard InChI is InChI=1S/C21H13F3N4O2/c22-16-8-7-15(19(23)20(16)24)21(29)25-13-3-5-14(6-4-13)30-18-10-9-17(26-27-18)28-11-1-2-12-28/h1-12H,(H,25,29). The lowest BCUT2D eigenvalue weighted by molar-refractivity contribution is 0.102. The van der Waals surface area contributed by atoms with Crippen LogP contribution in [0.15, 0.2) is 73.1 Å². The van der Waals surface area contributed by atoms with Crippen LogP contribution in [0.2, 0.25) is 0 Å². The molecule has 6 nitrogen and oxygen atoms in total. The first-order chi connectivity index (χ1) is 14.5. The highest BCUT2D eigenvalue weighted by Gasteiger charge is 2.18. The Kier molecular flexibility index (Phi) is 5.17. The Balaban J connectivity index is 1.42. The smallest absolute Gasteiger partial charge is 0.258 e. The fraction of sp³-hybridized carbons (Fsp3) is 0. The van der Waals surface area contributed by atoms with E-state index in [9.17, 15) is 18.0 Å². The molecule has 2 aromatic heterocycles. The van der Waals surface area contributed by atoms with Crippen molar-refractivity contribution in [2.45, 2.75) is 0 Å². The van der Waals surface area contributed by atoms with Crippen molar-refractivity contribution in [2.75, 3.05) is 5.32 Å². The highest BCUT2D eigenvalue weighted by molar-refractivity contribution is 6.04. The molecular weight excluding hydrogens is 397 g/mol. The van der Waals surface area contributed by atoms with Crippen LogP contribution in [0.4, 0.5) is 18.9 Å². The third kappa shape index (κ3) is 4.00. The van der Waals surface area contributed by atoms with Gasteiger partial charge in [-0.15, -0.1) is 10.2 Å². The molecule has 2 aromatic carbocycles. The zero-order chi connectivity index (χ0) is 21.1. The molecule has 0 saturated carbocycles. The number of rotatable bonds is 5. The van der Waals surface area contributed by atoms with Crippen LogP contribution in [-0.4, -0.2) is 20.7 Å². The molecule has 0 aliphatic heterocycles. The monoisotopic (exact) mass is 410 g/mol. The Hall–Kier alpha value is -4.14. The van der Waals surface area contributed by atoms with Gasteiger partial charge in [0.25, 0.3) is 5.91 Å². The van der Waals surface area contributed by atoms with Gasteiger partial charge >= 0.3 is 0 Å². The van der Waals surface area contributed by atoms with Crippen molar-refractivity contribution in [3.05, 3.63) is 96.1 Å². The third-order valence-corrected chi connectivity index (χ3v) is 4.11. The van der Waals surface area contributed by atoms with Gasteiger partial charge in [-0.05, 0) is 54.6 Å². The van der Waals surface area contributed by atoms with Gasteiger partial charge in [0.2, 0.25) is 5.88 Å². The second kappa shape index (κ2) is 8.08. The molecule has 0 radical (unpaired) electrons. The van der Waals surface area contributed by atoms with E-state index in [4.69, 9.17) is 4.74 Å². The first-order valence-electron chi connectivity index (χ1n) is 8.71. The van der Waals surface area contributed by atoms with Crippen LogP contribution in [0, 0.1) is 17.5 Å². The van der Waals surface area contributed by atoms with Gasteiger partial charge in [-0.1, -0.05) is 0 Å². The van der Waals surface area contributed by atoms with Crippen molar-refractivity contribution in [2.24, 2.45) is 0 Å². The van der Waals surface area contributed by atoms with Crippen molar-refractivity contribution in [3.63, 3.8) is 0 Å². The fourth-order valence-electron chi connectivity index (χ4n) is 2.62. The number of amides is 1. The molecule has 0 saturated heterocycles. The summed E-state index contributed by atoms with van der Waals surface area (Å²) in [5, 5.41) is 10.5. The van der Waals surface area contributed by atoms with E-state index >= 15 is 0 Å². The highest BCUT2D eigenvalue weighted by atomic mass is 19.2. The van der Waals surface area contributed by atoms with Gasteiger partial charge in [-0.25, -0.2) is 13.2 Å². The van der Waals surface area contributed by atoms with E-state index in [1.807, 2.05) is 24.5 Å². The number of carbonyl (C=O) groups is 1. The molecular formula is C21H13F3N4O2. The van der Waals surface area contributed by atoms with E-state index in [2.05, 4.69) is 15.5 Å². The zero-order valence-electron chi connectivity index (χ0n) is 15.2. The number of halogens is 3. The van der Waals surface area contributed by atoms with E-state index < -0.39 is 28.9 Å². The maximum absolute atomic E-state index is 13.7. The van der Waals surface area contributed by atoms with Crippen LogP contribution in [0.25, 0.3) is 5.82 Å². The number of benzene rings is 2. The van der Waals surface area contributed by atoms with E-state index in [1.54, 1.807) is 28.8 Å². The SMILES string of the molecule is O=C(Nc1ccc(Oc2ccc(-n3cccc3)nn2)cc1)c1ccc(F)c(F)c1F. The van der Waals surface area contributed by atoms with Gasteiger partial charge in [0, 0.05) is 24.1 Å². The summed E-state index contributed by atoms with van der Waals surface area (Å²) in [7, 11) is 0. The van der Waals surface area contributed by atoms with Gasteiger partial charge in [-0.2, -0.15) is 0 Å². The molecule has 0 spiro atoms. The quantitative estimate of drug-likeness (QED) is 0.483. The van der Waals surface area contributed by atoms with Crippen molar-refractivity contribution in [1.82, 2.24) is 14.8 Å². The summed E-state index contributed by atoms with van der Waals surface area (Å²) >= 11 is 0. The maximum atomic E-state index is 13.7. The molecule has 1 N–H and O–H groups in total. The van der Waals surface area contributed by atoms with Gasteiger partial charge < -0.3 is 14.6 Å². The molecule has 0 bridgehead atoms. The van der Waals surface area contributed by atoms with Gasteiger partial charge in [-0.3, -0.25) is 4.79 Å². The zero-order valence-corrected chi connectivity index (χ0v) is 15.2. The minimum Gasteiger partial charge on any atom is -0.438 e. The predicted octanol–water partition coefficient (Wildman–Crippen LogP) is 4.73. The number of anilines is 1. The first kappa shape index (κ1) is 19.2. The number of aromatic nitrogens is 3. The van der Waals surface area contributed by atoms with Crippen LogP contribution in [0.3, 0.4) is 0 Å². The molecule has 0 atom stereocenters. The minimum atomic E-state index is -1.70. The van der Waals surface area contributed by atoms with E-state index in [1.165, 1.54) is 12.1 Å². The molecule has 2 heterocycles. The maximum Gasteiger partial charge on any atom is 0.258 e. The van der Waals surface area contributed by atoms with Crippen LogP contribution in [-0.2, 0) is 0 Å². The third-order valence-electron chi connectivity index (χ3n) is 4.11. The van der Waals surface area contributed by atoms with E-state index in [0.29, 0.717) is 23.3 Å². The van der Waals surface area contributed by atoms with Crippen LogP contribution in [0.1, 0.15) is 10.4 Å². The topological polar surface area (TPSA) is 69.0 Å². The summed E-state index contributed by atoms with van der Waals surface area (Å²) in [6.07, 6.45) is 3.67. The lowest BCUT2D eigenvalue weighted by Gasteiger charge is -2.09. The molecule has 150 valence electrons. The number of ether oxygens (including phenoxy) is 1. The Morgan fingerprint density at radius 3 is 2.27 bits per heavy atom. The van der Waals surface area contributed by atoms with Crippen molar-refractivity contribution >= 4 is 11.6 Å². The second-order valence-corrected chi connectivity index (χ2v) is 6.12. The predicted molar refractivity (Wildman–Crippen MR) is 102 cm³/mol.